The molecule has 0 aliphatic heterocycles. The van der Waals surface area contributed by atoms with Crippen LogP contribution in [0.25, 0.3) is 11.5 Å². The van der Waals surface area contributed by atoms with E-state index in [9.17, 15) is 4.39 Å². The highest BCUT2D eigenvalue weighted by Crippen LogP contribution is 2.29. The van der Waals surface area contributed by atoms with Crippen LogP contribution in [0.15, 0.2) is 56.6 Å². The van der Waals surface area contributed by atoms with Crippen molar-refractivity contribution < 1.29 is 8.81 Å². The number of rotatable bonds is 4. The third-order valence-electron chi connectivity index (χ3n) is 2.86. The van der Waals surface area contributed by atoms with Gasteiger partial charge in [0.25, 0.3) is 5.22 Å². The van der Waals surface area contributed by atoms with Gasteiger partial charge in [-0.25, -0.2) is 4.39 Å². The van der Waals surface area contributed by atoms with E-state index in [2.05, 4.69) is 26.1 Å². The van der Waals surface area contributed by atoms with E-state index in [0.29, 0.717) is 21.9 Å². The zero-order chi connectivity index (χ0) is 15.5. The summed E-state index contributed by atoms with van der Waals surface area (Å²) in [5, 5.41) is 8.85. The van der Waals surface area contributed by atoms with E-state index in [4.69, 9.17) is 16.0 Å². The maximum Gasteiger partial charge on any atom is 0.277 e. The van der Waals surface area contributed by atoms with Gasteiger partial charge in [-0.2, -0.15) is 0 Å². The van der Waals surface area contributed by atoms with Gasteiger partial charge in [-0.15, -0.1) is 10.2 Å². The van der Waals surface area contributed by atoms with E-state index < -0.39 is 0 Å². The molecule has 2 aromatic carbocycles. The molecule has 1 aromatic heterocycles. The van der Waals surface area contributed by atoms with Gasteiger partial charge in [0.1, 0.15) is 5.82 Å². The topological polar surface area (TPSA) is 38.9 Å². The van der Waals surface area contributed by atoms with Crippen LogP contribution < -0.4 is 0 Å². The summed E-state index contributed by atoms with van der Waals surface area (Å²) in [6.07, 6.45) is 0. The molecule has 112 valence electrons. The van der Waals surface area contributed by atoms with Gasteiger partial charge in [-0.05, 0) is 42.0 Å². The molecule has 3 rings (SSSR count). The third kappa shape index (κ3) is 3.69. The predicted octanol–water partition coefficient (Wildman–Crippen LogP) is 5.58. The lowest BCUT2D eigenvalue weighted by molar-refractivity contribution is 0.466. The minimum atomic E-state index is -0.353. The number of thioether (sulfide) groups is 1. The lowest BCUT2D eigenvalue weighted by Gasteiger charge is -2.01. The van der Waals surface area contributed by atoms with Crippen molar-refractivity contribution in [3.8, 4) is 11.5 Å². The zero-order valence-corrected chi connectivity index (χ0v) is 14.3. The molecular formula is C15H9BrClFN2OS. The quantitative estimate of drug-likeness (QED) is 0.537. The molecule has 3 nitrogen and oxygen atoms in total. The summed E-state index contributed by atoms with van der Waals surface area (Å²) in [6.45, 7) is 0. The van der Waals surface area contributed by atoms with Gasteiger partial charge in [0, 0.05) is 20.8 Å². The molecule has 0 fully saturated rings. The second-order valence-corrected chi connectivity index (χ2v) is 6.65. The average Bonchev–Trinajstić information content (AvgIpc) is 2.96. The van der Waals surface area contributed by atoms with Crippen molar-refractivity contribution in [3.63, 3.8) is 0 Å². The van der Waals surface area contributed by atoms with Crippen molar-refractivity contribution in [1.29, 1.82) is 0 Å². The molecule has 0 unspecified atom stereocenters. The van der Waals surface area contributed by atoms with Gasteiger partial charge in [-0.3, -0.25) is 0 Å². The van der Waals surface area contributed by atoms with Gasteiger partial charge in [0.15, 0.2) is 0 Å². The Morgan fingerprint density at radius 3 is 2.64 bits per heavy atom. The molecule has 0 amide bonds. The van der Waals surface area contributed by atoms with Crippen molar-refractivity contribution in [2.24, 2.45) is 0 Å². The fourth-order valence-corrected chi connectivity index (χ4v) is 3.10. The lowest BCUT2D eigenvalue weighted by Crippen LogP contribution is -1.84. The molecule has 0 atom stereocenters. The summed E-state index contributed by atoms with van der Waals surface area (Å²) in [5.74, 6) is 0.635. The van der Waals surface area contributed by atoms with E-state index in [1.165, 1.54) is 23.9 Å². The summed E-state index contributed by atoms with van der Waals surface area (Å²) < 4.78 is 19.6. The third-order valence-corrected chi connectivity index (χ3v) is 4.61. The Kier molecular flexibility index (Phi) is 4.81. The van der Waals surface area contributed by atoms with Crippen LogP contribution in [0.1, 0.15) is 5.56 Å². The van der Waals surface area contributed by atoms with Gasteiger partial charge in [0.05, 0.1) is 0 Å². The molecule has 22 heavy (non-hydrogen) atoms. The van der Waals surface area contributed by atoms with Crippen LogP contribution in [0.4, 0.5) is 4.39 Å². The summed E-state index contributed by atoms with van der Waals surface area (Å²) in [6, 6.07) is 11.9. The van der Waals surface area contributed by atoms with Crippen LogP contribution in [0.5, 0.6) is 0 Å². The van der Waals surface area contributed by atoms with Crippen LogP contribution >= 0.6 is 39.3 Å². The largest absolute Gasteiger partial charge is 0.411 e. The maximum absolute atomic E-state index is 13.0. The normalized spacial score (nSPS) is 10.9. The Hall–Kier alpha value is -1.37. The molecule has 7 heteroatoms. The highest BCUT2D eigenvalue weighted by molar-refractivity contribution is 9.10. The van der Waals surface area contributed by atoms with Crippen LogP contribution in [0, 0.1) is 5.82 Å². The first-order valence-electron chi connectivity index (χ1n) is 6.28. The van der Waals surface area contributed by atoms with Crippen molar-refractivity contribution in [2.45, 2.75) is 11.0 Å². The minimum absolute atomic E-state index is 0.353. The van der Waals surface area contributed by atoms with Gasteiger partial charge < -0.3 is 4.42 Å². The number of benzene rings is 2. The molecule has 0 saturated heterocycles. The van der Waals surface area contributed by atoms with Crippen molar-refractivity contribution in [1.82, 2.24) is 10.2 Å². The van der Waals surface area contributed by atoms with Crippen LogP contribution in [0.2, 0.25) is 5.02 Å². The Bertz CT molecular complexity index is 794. The van der Waals surface area contributed by atoms with E-state index >= 15 is 0 Å². The summed E-state index contributed by atoms with van der Waals surface area (Å²) in [7, 11) is 0. The smallest absolute Gasteiger partial charge is 0.277 e. The van der Waals surface area contributed by atoms with Crippen LogP contribution in [0.3, 0.4) is 0 Å². The first kappa shape index (κ1) is 15.5. The van der Waals surface area contributed by atoms with Gasteiger partial charge in [0.2, 0.25) is 5.89 Å². The monoisotopic (exact) mass is 398 g/mol. The fourth-order valence-electron chi connectivity index (χ4n) is 1.76. The first-order valence-corrected chi connectivity index (χ1v) is 8.43. The Morgan fingerprint density at radius 1 is 1.14 bits per heavy atom. The van der Waals surface area contributed by atoms with Crippen LogP contribution in [-0.2, 0) is 5.75 Å². The second-order valence-electron chi connectivity index (χ2n) is 4.40. The predicted molar refractivity (Wildman–Crippen MR) is 88.4 cm³/mol. The highest BCUT2D eigenvalue weighted by Gasteiger charge is 2.10. The zero-order valence-electron chi connectivity index (χ0n) is 11.1. The molecule has 0 aliphatic rings. The second kappa shape index (κ2) is 6.81. The average molecular weight is 400 g/mol. The molecule has 3 aromatic rings. The van der Waals surface area contributed by atoms with E-state index in [1.807, 2.05) is 24.3 Å². The summed E-state index contributed by atoms with van der Waals surface area (Å²) in [5.41, 5.74) is 1.67. The number of aromatic nitrogens is 2. The molecule has 0 aliphatic carbocycles. The van der Waals surface area contributed by atoms with Crippen molar-refractivity contribution >= 4 is 39.3 Å². The maximum atomic E-state index is 13.0. The molecule has 0 spiro atoms. The minimum Gasteiger partial charge on any atom is -0.411 e. The van der Waals surface area contributed by atoms with Gasteiger partial charge in [-0.1, -0.05) is 45.4 Å². The fraction of sp³-hybridized carbons (Fsp3) is 0.0667. The van der Waals surface area contributed by atoms with Crippen molar-refractivity contribution in [3.05, 3.63) is 63.3 Å². The van der Waals surface area contributed by atoms with Gasteiger partial charge >= 0.3 is 0 Å². The van der Waals surface area contributed by atoms with E-state index in [-0.39, 0.29) is 5.82 Å². The number of halogens is 3. The van der Waals surface area contributed by atoms with Crippen LogP contribution in [-0.4, -0.2) is 10.2 Å². The van der Waals surface area contributed by atoms with Crippen molar-refractivity contribution in [2.75, 3.05) is 0 Å². The Balaban J connectivity index is 1.70. The van der Waals surface area contributed by atoms with E-state index in [1.54, 1.807) is 6.07 Å². The van der Waals surface area contributed by atoms with E-state index in [0.717, 1.165) is 15.6 Å². The molecular weight excluding hydrogens is 391 g/mol. The Morgan fingerprint density at radius 2 is 1.91 bits per heavy atom. The SMILES string of the molecule is Fc1ccc(CSc2nnc(-c3ccc(Br)cc3)o2)c(Cl)c1. The molecule has 1 heterocycles. The standard InChI is InChI=1S/C15H9BrClFN2OS/c16-11-4-1-9(2-5-11)14-19-20-15(21-14)22-8-10-3-6-12(18)7-13(10)17/h1-7H,8H2. The first-order chi connectivity index (χ1) is 10.6. The highest BCUT2D eigenvalue weighted by atomic mass is 79.9. The summed E-state index contributed by atoms with van der Waals surface area (Å²) >= 11 is 10.7. The summed E-state index contributed by atoms with van der Waals surface area (Å²) in [4.78, 5) is 0. The lowest BCUT2D eigenvalue weighted by atomic mass is 10.2. The number of nitrogens with zero attached hydrogens (tertiary/aromatic N) is 2. The molecule has 0 saturated carbocycles. The number of hydrogen-bond acceptors (Lipinski definition) is 4. The molecule has 0 bridgehead atoms. The number of hydrogen-bond donors (Lipinski definition) is 0. The molecule has 0 radical (unpaired) electrons. The Labute approximate surface area is 144 Å². The molecule has 0 N–H and O–H groups in total.